The number of carbonyl (C=O) groups is 1. The van der Waals surface area contributed by atoms with Gasteiger partial charge in [-0.3, -0.25) is 4.79 Å². The maximum absolute atomic E-state index is 14.0. The fourth-order valence-corrected chi connectivity index (χ4v) is 3.98. The highest BCUT2D eigenvalue weighted by molar-refractivity contribution is 7.22. The lowest BCUT2D eigenvalue weighted by atomic mass is 10.1. The lowest BCUT2D eigenvalue weighted by Crippen LogP contribution is -2.07. The highest BCUT2D eigenvalue weighted by Gasteiger charge is 2.11. The Morgan fingerprint density at radius 1 is 1.07 bits per heavy atom. The predicted molar refractivity (Wildman–Crippen MR) is 114 cm³/mol. The third-order valence-corrected chi connectivity index (χ3v) is 5.26. The smallest absolute Gasteiger partial charge is 0.310 e. The number of hydrogen-bond donors (Lipinski definition) is 1. The molecule has 0 spiro atoms. The first kappa shape index (κ1) is 19.9. The van der Waals surface area contributed by atoms with Crippen LogP contribution in [0.25, 0.3) is 10.2 Å². The standard InChI is InChI=1S/C22H19FN4O2S/c1-2-29-20(28)12-15-8-9-17-18(11-15)30-22(25-17)27-19-13-16(24-21(23)26-19)10-14-6-4-3-5-7-14/h3-9,11,13H,2,10,12H2,1H3,(H,24,25,26,27). The molecule has 0 saturated carbocycles. The molecule has 0 bridgehead atoms. The van der Waals surface area contributed by atoms with E-state index in [4.69, 9.17) is 4.74 Å². The minimum absolute atomic E-state index is 0.213. The van der Waals surface area contributed by atoms with Crippen LogP contribution in [0.3, 0.4) is 0 Å². The molecule has 6 nitrogen and oxygen atoms in total. The van der Waals surface area contributed by atoms with Crippen molar-refractivity contribution in [2.24, 2.45) is 0 Å². The molecule has 1 N–H and O–H groups in total. The quantitative estimate of drug-likeness (QED) is 0.345. The van der Waals surface area contributed by atoms with Gasteiger partial charge in [0.1, 0.15) is 5.82 Å². The van der Waals surface area contributed by atoms with Gasteiger partial charge in [-0.05, 0) is 30.2 Å². The highest BCUT2D eigenvalue weighted by atomic mass is 32.1. The molecule has 2 aromatic heterocycles. The number of thiazole rings is 1. The zero-order chi connectivity index (χ0) is 20.9. The van der Waals surface area contributed by atoms with Crippen molar-refractivity contribution in [1.82, 2.24) is 15.0 Å². The average molecular weight is 422 g/mol. The van der Waals surface area contributed by atoms with Crippen LogP contribution in [0, 0.1) is 6.08 Å². The van der Waals surface area contributed by atoms with E-state index in [2.05, 4.69) is 20.3 Å². The SMILES string of the molecule is CCOC(=O)Cc1ccc2nc(Nc3cc(Cc4ccccc4)nc(F)n3)sc2c1. The predicted octanol–water partition coefficient (Wildman–Crippen LogP) is 4.67. The molecular weight excluding hydrogens is 403 g/mol. The lowest BCUT2D eigenvalue weighted by Gasteiger charge is -2.05. The van der Waals surface area contributed by atoms with Gasteiger partial charge < -0.3 is 10.1 Å². The summed E-state index contributed by atoms with van der Waals surface area (Å²) in [7, 11) is 0. The van der Waals surface area contributed by atoms with Crippen LogP contribution in [0.5, 0.6) is 0 Å². The monoisotopic (exact) mass is 422 g/mol. The van der Waals surface area contributed by atoms with Gasteiger partial charge in [0.05, 0.1) is 28.9 Å². The number of ether oxygens (including phenoxy) is 1. The van der Waals surface area contributed by atoms with Gasteiger partial charge in [-0.1, -0.05) is 47.7 Å². The van der Waals surface area contributed by atoms with Crippen molar-refractivity contribution in [3.05, 3.63) is 77.5 Å². The van der Waals surface area contributed by atoms with Crippen molar-refractivity contribution < 1.29 is 13.9 Å². The fourth-order valence-electron chi connectivity index (χ4n) is 3.05. The maximum atomic E-state index is 14.0. The van der Waals surface area contributed by atoms with Crippen molar-refractivity contribution in [2.75, 3.05) is 11.9 Å². The van der Waals surface area contributed by atoms with Crippen LogP contribution in [0.4, 0.5) is 15.3 Å². The number of esters is 1. The van der Waals surface area contributed by atoms with E-state index in [1.807, 2.05) is 48.5 Å². The molecular formula is C22H19FN4O2S. The molecule has 4 aromatic rings. The Bertz CT molecular complexity index is 1180. The van der Waals surface area contributed by atoms with E-state index in [1.54, 1.807) is 13.0 Å². The summed E-state index contributed by atoms with van der Waals surface area (Å²) in [6.45, 7) is 2.14. The van der Waals surface area contributed by atoms with E-state index in [0.717, 1.165) is 21.3 Å². The molecule has 0 unspecified atom stereocenters. The van der Waals surface area contributed by atoms with Crippen molar-refractivity contribution in [2.45, 2.75) is 19.8 Å². The fraction of sp³-hybridized carbons (Fsp3) is 0.182. The molecule has 0 aliphatic rings. The first-order chi connectivity index (χ1) is 14.6. The molecule has 2 aromatic carbocycles. The summed E-state index contributed by atoms with van der Waals surface area (Å²) in [4.78, 5) is 23.9. The Morgan fingerprint density at radius 3 is 2.70 bits per heavy atom. The van der Waals surface area contributed by atoms with Crippen molar-refractivity contribution in [1.29, 1.82) is 0 Å². The largest absolute Gasteiger partial charge is 0.466 e. The number of hydrogen-bond acceptors (Lipinski definition) is 7. The van der Waals surface area contributed by atoms with E-state index in [0.29, 0.717) is 29.7 Å². The third-order valence-electron chi connectivity index (χ3n) is 4.32. The number of halogens is 1. The molecule has 8 heteroatoms. The van der Waals surface area contributed by atoms with Crippen LogP contribution < -0.4 is 5.32 Å². The lowest BCUT2D eigenvalue weighted by molar-refractivity contribution is -0.142. The summed E-state index contributed by atoms with van der Waals surface area (Å²) in [6.07, 6.45) is -0.0695. The third kappa shape index (κ3) is 4.96. The van der Waals surface area contributed by atoms with E-state index in [1.165, 1.54) is 11.3 Å². The minimum atomic E-state index is -0.788. The maximum Gasteiger partial charge on any atom is 0.310 e. The summed E-state index contributed by atoms with van der Waals surface area (Å²) in [6, 6.07) is 17.1. The van der Waals surface area contributed by atoms with Gasteiger partial charge in [0, 0.05) is 12.5 Å². The van der Waals surface area contributed by atoms with Crippen LogP contribution >= 0.6 is 11.3 Å². The molecule has 2 heterocycles. The Balaban J connectivity index is 1.53. The van der Waals surface area contributed by atoms with Crippen LogP contribution in [-0.2, 0) is 22.4 Å². The minimum Gasteiger partial charge on any atom is -0.466 e. The molecule has 0 fully saturated rings. The number of aromatic nitrogens is 3. The number of nitrogens with zero attached hydrogens (tertiary/aromatic N) is 3. The summed E-state index contributed by atoms with van der Waals surface area (Å²) in [5, 5.41) is 3.65. The van der Waals surface area contributed by atoms with Crippen molar-refractivity contribution in [3.63, 3.8) is 0 Å². The first-order valence-corrected chi connectivity index (χ1v) is 10.3. The van der Waals surface area contributed by atoms with Gasteiger partial charge in [-0.2, -0.15) is 9.37 Å². The van der Waals surface area contributed by atoms with Gasteiger partial charge >= 0.3 is 12.0 Å². The summed E-state index contributed by atoms with van der Waals surface area (Å²) >= 11 is 1.41. The average Bonchev–Trinajstić information content (AvgIpc) is 3.10. The van der Waals surface area contributed by atoms with Crippen LogP contribution in [-0.4, -0.2) is 27.5 Å². The first-order valence-electron chi connectivity index (χ1n) is 9.48. The van der Waals surface area contributed by atoms with Gasteiger partial charge in [0.15, 0.2) is 5.13 Å². The van der Waals surface area contributed by atoms with Crippen molar-refractivity contribution in [3.8, 4) is 0 Å². The van der Waals surface area contributed by atoms with Crippen molar-refractivity contribution >= 4 is 38.5 Å². The van der Waals surface area contributed by atoms with Crippen LogP contribution in [0.1, 0.15) is 23.7 Å². The van der Waals surface area contributed by atoms with E-state index < -0.39 is 6.08 Å². The molecule has 0 atom stereocenters. The molecule has 0 amide bonds. The number of benzene rings is 2. The molecule has 0 saturated heterocycles. The normalized spacial score (nSPS) is 10.9. The second-order valence-corrected chi connectivity index (χ2v) is 7.63. The van der Waals surface area contributed by atoms with Gasteiger partial charge in [-0.25, -0.2) is 9.97 Å². The molecule has 152 valence electrons. The summed E-state index contributed by atoms with van der Waals surface area (Å²) < 4.78 is 19.9. The number of fused-ring (bicyclic) bond motifs is 1. The Morgan fingerprint density at radius 2 is 1.90 bits per heavy atom. The second kappa shape index (κ2) is 8.96. The Labute approximate surface area is 176 Å². The van der Waals surface area contributed by atoms with Gasteiger partial charge in [-0.15, -0.1) is 0 Å². The summed E-state index contributed by atoms with van der Waals surface area (Å²) in [5.41, 5.74) is 3.26. The van der Waals surface area contributed by atoms with Crippen LogP contribution in [0.15, 0.2) is 54.6 Å². The summed E-state index contributed by atoms with van der Waals surface area (Å²) in [5.74, 6) is 0.0846. The highest BCUT2D eigenvalue weighted by Crippen LogP contribution is 2.29. The molecule has 0 aliphatic carbocycles. The molecule has 30 heavy (non-hydrogen) atoms. The zero-order valence-electron chi connectivity index (χ0n) is 16.3. The zero-order valence-corrected chi connectivity index (χ0v) is 17.1. The van der Waals surface area contributed by atoms with Gasteiger partial charge in [0.2, 0.25) is 0 Å². The topological polar surface area (TPSA) is 77.0 Å². The Kier molecular flexibility index (Phi) is 5.94. The number of rotatable bonds is 7. The Hall–Kier alpha value is -3.39. The van der Waals surface area contributed by atoms with E-state index in [-0.39, 0.29) is 12.4 Å². The molecule has 4 rings (SSSR count). The molecule has 0 aliphatic heterocycles. The number of anilines is 2. The second-order valence-electron chi connectivity index (χ2n) is 6.60. The van der Waals surface area contributed by atoms with Gasteiger partial charge in [0.25, 0.3) is 0 Å². The number of carbonyl (C=O) groups excluding carboxylic acids is 1. The number of nitrogens with one attached hydrogen (secondary N) is 1. The van der Waals surface area contributed by atoms with E-state index >= 15 is 0 Å². The van der Waals surface area contributed by atoms with Crippen LogP contribution in [0.2, 0.25) is 0 Å². The van der Waals surface area contributed by atoms with E-state index in [9.17, 15) is 9.18 Å². The molecule has 0 radical (unpaired) electrons.